The van der Waals surface area contributed by atoms with Gasteiger partial charge in [0.1, 0.15) is 11.6 Å². The molecule has 0 saturated carbocycles. The number of fused-ring (bicyclic) bond motifs is 1. The fourth-order valence-corrected chi connectivity index (χ4v) is 4.14. The highest BCUT2D eigenvalue weighted by Crippen LogP contribution is 2.27. The third-order valence-corrected chi connectivity index (χ3v) is 5.63. The van der Waals surface area contributed by atoms with E-state index in [1.807, 2.05) is 4.90 Å². The SMILES string of the molecule is O=C(CCO)N1CCC(c2nnc3n2CCN(Cc2ccccc2)CC3)C1. The molecule has 1 aromatic heterocycles. The van der Waals surface area contributed by atoms with E-state index >= 15 is 0 Å². The number of aromatic nitrogens is 3. The third kappa shape index (κ3) is 4.04. The quantitative estimate of drug-likeness (QED) is 0.852. The number of aliphatic hydroxyl groups is 1. The lowest BCUT2D eigenvalue weighted by molar-refractivity contribution is -0.130. The summed E-state index contributed by atoms with van der Waals surface area (Å²) >= 11 is 0. The molecule has 1 aromatic carbocycles. The monoisotopic (exact) mass is 369 g/mol. The summed E-state index contributed by atoms with van der Waals surface area (Å²) in [6.45, 7) is 5.16. The summed E-state index contributed by atoms with van der Waals surface area (Å²) in [6.07, 6.45) is 2.03. The first-order valence-electron chi connectivity index (χ1n) is 9.81. The Bertz CT molecular complexity index is 776. The van der Waals surface area contributed by atoms with Crippen molar-refractivity contribution < 1.29 is 9.90 Å². The molecule has 0 bridgehead atoms. The largest absolute Gasteiger partial charge is 0.396 e. The maximum Gasteiger partial charge on any atom is 0.224 e. The van der Waals surface area contributed by atoms with Gasteiger partial charge in [0.2, 0.25) is 5.91 Å². The van der Waals surface area contributed by atoms with E-state index in [0.717, 1.165) is 57.2 Å². The minimum absolute atomic E-state index is 0.0321. The van der Waals surface area contributed by atoms with Crippen molar-refractivity contribution in [3.63, 3.8) is 0 Å². The second-order valence-electron chi connectivity index (χ2n) is 7.44. The molecule has 1 saturated heterocycles. The molecule has 4 rings (SSSR count). The number of rotatable bonds is 5. The van der Waals surface area contributed by atoms with Gasteiger partial charge in [-0.15, -0.1) is 10.2 Å². The zero-order valence-electron chi connectivity index (χ0n) is 15.6. The fourth-order valence-electron chi connectivity index (χ4n) is 4.14. The highest BCUT2D eigenvalue weighted by Gasteiger charge is 2.31. The Morgan fingerprint density at radius 1 is 1.11 bits per heavy atom. The molecule has 1 N–H and O–H groups in total. The normalized spacial score (nSPS) is 20.5. The van der Waals surface area contributed by atoms with Crippen LogP contribution >= 0.6 is 0 Å². The average molecular weight is 369 g/mol. The van der Waals surface area contributed by atoms with Crippen LogP contribution in [0.3, 0.4) is 0 Å². The molecule has 27 heavy (non-hydrogen) atoms. The zero-order chi connectivity index (χ0) is 18.6. The molecule has 1 unspecified atom stereocenters. The lowest BCUT2D eigenvalue weighted by atomic mass is 10.1. The summed E-state index contributed by atoms with van der Waals surface area (Å²) in [5.74, 6) is 2.35. The van der Waals surface area contributed by atoms with E-state index in [2.05, 4.69) is 50.0 Å². The van der Waals surface area contributed by atoms with Gasteiger partial charge in [-0.2, -0.15) is 0 Å². The Hall–Kier alpha value is -2.25. The number of nitrogens with zero attached hydrogens (tertiary/aromatic N) is 5. The van der Waals surface area contributed by atoms with Gasteiger partial charge in [-0.1, -0.05) is 30.3 Å². The summed E-state index contributed by atoms with van der Waals surface area (Å²) in [6, 6.07) is 10.6. The summed E-state index contributed by atoms with van der Waals surface area (Å²) in [5, 5.41) is 17.9. The zero-order valence-corrected chi connectivity index (χ0v) is 15.6. The third-order valence-electron chi connectivity index (χ3n) is 5.63. The van der Waals surface area contributed by atoms with E-state index in [1.54, 1.807) is 0 Å². The molecule has 7 heteroatoms. The minimum Gasteiger partial charge on any atom is -0.396 e. The van der Waals surface area contributed by atoms with E-state index in [4.69, 9.17) is 5.11 Å². The topological polar surface area (TPSA) is 74.5 Å². The van der Waals surface area contributed by atoms with Gasteiger partial charge in [0.05, 0.1) is 6.61 Å². The van der Waals surface area contributed by atoms with Gasteiger partial charge < -0.3 is 14.6 Å². The van der Waals surface area contributed by atoms with Crippen molar-refractivity contribution in [2.24, 2.45) is 0 Å². The van der Waals surface area contributed by atoms with Crippen LogP contribution < -0.4 is 0 Å². The van der Waals surface area contributed by atoms with Crippen LogP contribution in [0.25, 0.3) is 0 Å². The molecule has 2 aliphatic rings. The number of hydrogen-bond acceptors (Lipinski definition) is 5. The number of aliphatic hydroxyl groups excluding tert-OH is 1. The van der Waals surface area contributed by atoms with Crippen molar-refractivity contribution in [1.82, 2.24) is 24.6 Å². The first-order valence-corrected chi connectivity index (χ1v) is 9.81. The Labute approximate surface area is 159 Å². The number of carbonyl (C=O) groups is 1. The van der Waals surface area contributed by atoms with Gasteiger partial charge in [0.15, 0.2) is 0 Å². The van der Waals surface area contributed by atoms with Crippen LogP contribution in [-0.4, -0.2) is 68.4 Å². The molecule has 0 spiro atoms. The van der Waals surface area contributed by atoms with Crippen LogP contribution in [0, 0.1) is 0 Å². The number of amides is 1. The van der Waals surface area contributed by atoms with E-state index in [1.165, 1.54) is 5.56 Å². The molecular weight excluding hydrogens is 342 g/mol. The smallest absolute Gasteiger partial charge is 0.224 e. The second-order valence-corrected chi connectivity index (χ2v) is 7.44. The van der Waals surface area contributed by atoms with Crippen LogP contribution in [0.5, 0.6) is 0 Å². The molecule has 2 aliphatic heterocycles. The van der Waals surface area contributed by atoms with Gasteiger partial charge in [0, 0.05) is 58.0 Å². The predicted octanol–water partition coefficient (Wildman–Crippen LogP) is 1.03. The predicted molar refractivity (Wildman–Crippen MR) is 101 cm³/mol. The van der Waals surface area contributed by atoms with Gasteiger partial charge in [-0.25, -0.2) is 0 Å². The van der Waals surface area contributed by atoms with Crippen LogP contribution in [0.1, 0.15) is 36.0 Å². The lowest BCUT2D eigenvalue weighted by Crippen LogP contribution is -2.29. The summed E-state index contributed by atoms with van der Waals surface area (Å²) in [4.78, 5) is 16.4. The summed E-state index contributed by atoms with van der Waals surface area (Å²) < 4.78 is 2.27. The van der Waals surface area contributed by atoms with Crippen molar-refractivity contribution in [2.75, 3.05) is 32.8 Å². The van der Waals surface area contributed by atoms with E-state index < -0.39 is 0 Å². The molecule has 3 heterocycles. The Balaban J connectivity index is 1.41. The fraction of sp³-hybridized carbons (Fsp3) is 0.550. The molecular formula is C20H27N5O2. The summed E-state index contributed by atoms with van der Waals surface area (Å²) in [5.41, 5.74) is 1.34. The van der Waals surface area contributed by atoms with Crippen molar-refractivity contribution in [3.8, 4) is 0 Å². The average Bonchev–Trinajstić information content (AvgIpc) is 3.27. The Morgan fingerprint density at radius 2 is 1.96 bits per heavy atom. The Morgan fingerprint density at radius 3 is 2.78 bits per heavy atom. The molecule has 0 radical (unpaired) electrons. The molecule has 0 aliphatic carbocycles. The van der Waals surface area contributed by atoms with Crippen molar-refractivity contribution in [2.45, 2.75) is 38.3 Å². The van der Waals surface area contributed by atoms with Gasteiger partial charge in [-0.05, 0) is 12.0 Å². The highest BCUT2D eigenvalue weighted by atomic mass is 16.3. The lowest BCUT2D eigenvalue weighted by Gasteiger charge is -2.20. The number of benzene rings is 1. The standard InChI is InChI=1S/C20H27N5O2/c26-13-8-19(27)24-10-6-17(15-24)20-22-21-18-7-9-23(11-12-25(18)20)14-16-4-2-1-3-5-16/h1-5,17,26H,6-15H2. The van der Waals surface area contributed by atoms with E-state index in [0.29, 0.717) is 6.54 Å². The van der Waals surface area contributed by atoms with Crippen molar-refractivity contribution in [3.05, 3.63) is 47.5 Å². The van der Waals surface area contributed by atoms with E-state index in [-0.39, 0.29) is 24.9 Å². The van der Waals surface area contributed by atoms with Crippen LogP contribution in [0.15, 0.2) is 30.3 Å². The molecule has 1 amide bonds. The van der Waals surface area contributed by atoms with Crippen LogP contribution in [0.4, 0.5) is 0 Å². The van der Waals surface area contributed by atoms with Crippen LogP contribution in [0.2, 0.25) is 0 Å². The van der Waals surface area contributed by atoms with E-state index in [9.17, 15) is 4.79 Å². The second kappa shape index (κ2) is 8.19. The molecule has 2 aromatic rings. The molecule has 144 valence electrons. The Kier molecular flexibility index (Phi) is 5.50. The number of hydrogen-bond donors (Lipinski definition) is 1. The number of likely N-dealkylation sites (tertiary alicyclic amines) is 1. The van der Waals surface area contributed by atoms with Gasteiger partial charge >= 0.3 is 0 Å². The maximum absolute atomic E-state index is 12.0. The number of carbonyl (C=O) groups excluding carboxylic acids is 1. The molecule has 1 fully saturated rings. The first-order chi connectivity index (χ1) is 13.2. The molecule has 7 nitrogen and oxygen atoms in total. The molecule has 1 atom stereocenters. The van der Waals surface area contributed by atoms with Crippen LogP contribution in [-0.2, 0) is 24.3 Å². The summed E-state index contributed by atoms with van der Waals surface area (Å²) in [7, 11) is 0. The van der Waals surface area contributed by atoms with Gasteiger partial charge in [-0.3, -0.25) is 9.69 Å². The highest BCUT2D eigenvalue weighted by molar-refractivity contribution is 5.76. The maximum atomic E-state index is 12.0. The van der Waals surface area contributed by atoms with Gasteiger partial charge in [0.25, 0.3) is 0 Å². The van der Waals surface area contributed by atoms with Crippen molar-refractivity contribution >= 4 is 5.91 Å². The minimum atomic E-state index is -0.0857. The first kappa shape index (κ1) is 18.1. The van der Waals surface area contributed by atoms with Crippen molar-refractivity contribution in [1.29, 1.82) is 0 Å².